The summed E-state index contributed by atoms with van der Waals surface area (Å²) in [4.78, 5) is 36.5. The van der Waals surface area contributed by atoms with Crippen LogP contribution in [0, 0.1) is 10.1 Å². The molecule has 144 valence electrons. The van der Waals surface area contributed by atoms with Crippen molar-refractivity contribution in [2.45, 2.75) is 25.1 Å². The predicted molar refractivity (Wildman–Crippen MR) is 98.3 cm³/mol. The Labute approximate surface area is 160 Å². The van der Waals surface area contributed by atoms with Crippen molar-refractivity contribution in [2.75, 3.05) is 12.0 Å². The summed E-state index contributed by atoms with van der Waals surface area (Å²) in [5, 5.41) is 13.9. The number of nitrogens with one attached hydrogen (secondary N) is 1. The lowest BCUT2D eigenvalue weighted by molar-refractivity contribution is -0.385. The summed E-state index contributed by atoms with van der Waals surface area (Å²) in [6, 6.07) is 10.0. The highest BCUT2D eigenvalue weighted by Gasteiger charge is 2.50. The number of anilines is 1. The minimum Gasteiger partial charge on any atom is -0.467 e. The number of rotatable bonds is 3. The van der Waals surface area contributed by atoms with E-state index in [9.17, 15) is 19.7 Å². The molecule has 2 aliphatic rings. The number of carbonyl (C=O) groups excluding carboxylic acids is 2. The molecule has 1 N–H and O–H groups in total. The van der Waals surface area contributed by atoms with Gasteiger partial charge in [-0.3, -0.25) is 15.0 Å². The molecule has 2 aromatic rings. The predicted octanol–water partition coefficient (Wildman–Crippen LogP) is 3.15. The molecule has 2 aromatic carbocycles. The number of non-ortho nitro benzene ring substituents is 1. The van der Waals surface area contributed by atoms with Crippen LogP contribution in [0.5, 0.6) is 5.75 Å². The molecule has 0 aromatic heterocycles. The second-order valence-corrected chi connectivity index (χ2v) is 6.84. The van der Waals surface area contributed by atoms with E-state index in [2.05, 4.69) is 10.1 Å². The maximum absolute atomic E-state index is 12.8. The fourth-order valence-corrected chi connectivity index (χ4v) is 3.73. The summed E-state index contributed by atoms with van der Waals surface area (Å²) < 4.78 is 10.8. The number of carbonyl (C=O) groups is 2. The molecule has 2 amide bonds. The van der Waals surface area contributed by atoms with Crippen molar-refractivity contribution in [2.24, 2.45) is 0 Å². The molecule has 28 heavy (non-hydrogen) atoms. The van der Waals surface area contributed by atoms with E-state index in [-0.39, 0.29) is 11.7 Å². The Kier molecular flexibility index (Phi) is 3.95. The first-order valence-electron chi connectivity index (χ1n) is 8.59. The minimum absolute atomic E-state index is 0.0546. The Morgan fingerprint density at radius 1 is 1.32 bits per heavy atom. The first-order chi connectivity index (χ1) is 13.3. The van der Waals surface area contributed by atoms with Gasteiger partial charge in [-0.1, -0.05) is 0 Å². The summed E-state index contributed by atoms with van der Waals surface area (Å²) >= 11 is 0. The molecule has 1 saturated heterocycles. The van der Waals surface area contributed by atoms with Gasteiger partial charge in [-0.15, -0.1) is 0 Å². The summed E-state index contributed by atoms with van der Waals surface area (Å²) in [6.07, 6.45) is 0.408. The Balaban J connectivity index is 1.71. The number of fused-ring (bicyclic) bond motifs is 4. The number of benzene rings is 2. The number of nitrogens with zero attached hydrogens (tertiary/aromatic N) is 2. The van der Waals surface area contributed by atoms with Gasteiger partial charge in [-0.2, -0.15) is 0 Å². The molecule has 2 atom stereocenters. The van der Waals surface area contributed by atoms with Crippen LogP contribution in [0.3, 0.4) is 0 Å². The number of amides is 2. The Hall–Kier alpha value is -3.62. The van der Waals surface area contributed by atoms with Crippen LogP contribution in [0.4, 0.5) is 16.2 Å². The van der Waals surface area contributed by atoms with Gasteiger partial charge in [0, 0.05) is 29.8 Å². The van der Waals surface area contributed by atoms with E-state index in [0.29, 0.717) is 29.0 Å². The largest absolute Gasteiger partial charge is 0.467 e. The van der Waals surface area contributed by atoms with Gasteiger partial charge in [0.2, 0.25) is 0 Å². The standard InChI is InChI=1S/C19H17N3O6/c1-19-10-15(14-9-13(22(25)26)7-8-16(14)28-19)20-18(24)21(19)12-5-3-11(4-6-12)17(23)27-2/h3-9,15H,10H2,1-2H3,(H,20,24). The highest BCUT2D eigenvalue weighted by atomic mass is 16.6. The second kappa shape index (κ2) is 6.22. The lowest BCUT2D eigenvalue weighted by atomic mass is 9.90. The van der Waals surface area contributed by atoms with E-state index >= 15 is 0 Å². The monoisotopic (exact) mass is 383 g/mol. The van der Waals surface area contributed by atoms with Gasteiger partial charge < -0.3 is 14.8 Å². The van der Waals surface area contributed by atoms with Gasteiger partial charge in [0.1, 0.15) is 5.75 Å². The average molecular weight is 383 g/mol. The van der Waals surface area contributed by atoms with E-state index in [0.717, 1.165) is 0 Å². The van der Waals surface area contributed by atoms with Crippen molar-refractivity contribution in [3.8, 4) is 5.75 Å². The second-order valence-electron chi connectivity index (χ2n) is 6.84. The highest BCUT2D eigenvalue weighted by Crippen LogP contribution is 2.46. The summed E-state index contributed by atoms with van der Waals surface area (Å²) in [5.41, 5.74) is 0.468. The molecular formula is C19H17N3O6. The number of nitro benzene ring substituents is 1. The number of methoxy groups -OCH3 is 1. The highest BCUT2D eigenvalue weighted by molar-refractivity contribution is 5.96. The number of urea groups is 1. The molecule has 4 rings (SSSR count). The topological polar surface area (TPSA) is 111 Å². The lowest BCUT2D eigenvalue weighted by Crippen LogP contribution is -2.65. The maximum atomic E-state index is 12.8. The smallest absolute Gasteiger partial charge is 0.337 e. The maximum Gasteiger partial charge on any atom is 0.337 e. The molecule has 1 fully saturated rings. The third-order valence-corrected chi connectivity index (χ3v) is 5.01. The van der Waals surface area contributed by atoms with Crippen LogP contribution >= 0.6 is 0 Å². The van der Waals surface area contributed by atoms with Crippen LogP contribution in [0.15, 0.2) is 42.5 Å². The molecule has 2 unspecified atom stereocenters. The van der Waals surface area contributed by atoms with Crippen molar-refractivity contribution < 1.29 is 24.0 Å². The quantitative estimate of drug-likeness (QED) is 0.495. The Morgan fingerprint density at radius 2 is 2.04 bits per heavy atom. The number of hydrogen-bond acceptors (Lipinski definition) is 6. The van der Waals surface area contributed by atoms with E-state index in [1.54, 1.807) is 37.3 Å². The number of ether oxygens (including phenoxy) is 2. The fourth-order valence-electron chi connectivity index (χ4n) is 3.73. The SMILES string of the molecule is COC(=O)c1ccc(N2C(=O)NC3CC2(C)Oc2ccc([N+](=O)[O-])cc23)cc1. The normalized spacial score (nSPS) is 22.6. The molecule has 0 spiro atoms. The summed E-state index contributed by atoms with van der Waals surface area (Å²) in [7, 11) is 1.30. The molecule has 2 heterocycles. The molecule has 9 nitrogen and oxygen atoms in total. The van der Waals surface area contributed by atoms with Gasteiger partial charge in [0.15, 0.2) is 5.72 Å². The molecular weight excluding hydrogens is 366 g/mol. The molecule has 0 saturated carbocycles. The number of nitro groups is 1. The first kappa shape index (κ1) is 17.8. The molecule has 2 bridgehead atoms. The van der Waals surface area contributed by atoms with E-state index in [4.69, 9.17) is 4.74 Å². The Morgan fingerprint density at radius 3 is 2.68 bits per heavy atom. The van der Waals surface area contributed by atoms with Crippen LogP contribution in [-0.2, 0) is 4.74 Å². The van der Waals surface area contributed by atoms with Crippen molar-refractivity contribution in [3.63, 3.8) is 0 Å². The molecule has 9 heteroatoms. The van der Waals surface area contributed by atoms with Gasteiger partial charge in [0.05, 0.1) is 23.6 Å². The van der Waals surface area contributed by atoms with Crippen molar-refractivity contribution in [1.82, 2.24) is 5.32 Å². The van der Waals surface area contributed by atoms with Crippen molar-refractivity contribution in [3.05, 3.63) is 63.7 Å². The van der Waals surface area contributed by atoms with E-state index < -0.39 is 22.7 Å². The van der Waals surface area contributed by atoms with E-state index in [1.165, 1.54) is 24.1 Å². The summed E-state index contributed by atoms with van der Waals surface area (Å²) in [6.45, 7) is 1.79. The lowest BCUT2D eigenvalue weighted by Gasteiger charge is -2.50. The van der Waals surface area contributed by atoms with Crippen molar-refractivity contribution in [1.29, 1.82) is 0 Å². The number of esters is 1. The third-order valence-electron chi connectivity index (χ3n) is 5.01. The first-order valence-corrected chi connectivity index (χ1v) is 8.59. The minimum atomic E-state index is -0.983. The van der Waals surface area contributed by atoms with Gasteiger partial charge >= 0.3 is 12.0 Å². The van der Waals surface area contributed by atoms with Gasteiger partial charge in [-0.25, -0.2) is 9.59 Å². The van der Waals surface area contributed by atoms with Crippen LogP contribution in [0.1, 0.15) is 35.3 Å². The average Bonchev–Trinajstić information content (AvgIpc) is 2.66. The van der Waals surface area contributed by atoms with Crippen LogP contribution in [0.25, 0.3) is 0 Å². The zero-order valence-electron chi connectivity index (χ0n) is 15.2. The van der Waals surface area contributed by atoms with Gasteiger partial charge in [-0.05, 0) is 37.3 Å². The molecule has 0 aliphatic carbocycles. The summed E-state index contributed by atoms with van der Waals surface area (Å²) in [5.74, 6) is 0.0193. The zero-order chi connectivity index (χ0) is 20.1. The molecule has 2 aliphatic heterocycles. The molecule has 0 radical (unpaired) electrons. The zero-order valence-corrected chi connectivity index (χ0v) is 15.2. The van der Waals surface area contributed by atoms with Crippen LogP contribution in [-0.4, -0.2) is 29.8 Å². The number of hydrogen-bond donors (Lipinski definition) is 1. The van der Waals surface area contributed by atoms with Crippen LogP contribution in [0.2, 0.25) is 0 Å². The third kappa shape index (κ3) is 2.72. The van der Waals surface area contributed by atoms with Crippen LogP contribution < -0.4 is 15.0 Å². The Bertz CT molecular complexity index is 990. The van der Waals surface area contributed by atoms with Crippen molar-refractivity contribution >= 4 is 23.4 Å². The van der Waals surface area contributed by atoms with Gasteiger partial charge in [0.25, 0.3) is 5.69 Å². The van der Waals surface area contributed by atoms with E-state index in [1.807, 2.05) is 0 Å². The fraction of sp³-hybridized carbons (Fsp3) is 0.263.